The smallest absolute Gasteiger partial charge is 0.227 e. The standard InChI is InChI=1S/C15H20N2OS2/c16-12-5-4-10(8-12)14(18)17-13-3-1-2-11(9-13)15-19-6-7-20-15/h1-3,9-10,12,15H,4-8,16H2,(H,17,18). The van der Waals surface area contributed by atoms with Gasteiger partial charge in [-0.2, -0.15) is 0 Å². The van der Waals surface area contributed by atoms with Gasteiger partial charge in [0.05, 0.1) is 4.58 Å². The molecule has 1 aliphatic carbocycles. The largest absolute Gasteiger partial charge is 0.328 e. The molecule has 1 amide bonds. The third kappa shape index (κ3) is 3.32. The van der Waals surface area contributed by atoms with Crippen LogP contribution in [-0.2, 0) is 4.79 Å². The number of rotatable bonds is 3. The molecule has 20 heavy (non-hydrogen) atoms. The Bertz CT molecular complexity index is 489. The monoisotopic (exact) mass is 308 g/mol. The van der Waals surface area contributed by atoms with E-state index in [1.807, 2.05) is 35.7 Å². The predicted octanol–water partition coefficient (Wildman–Crippen LogP) is 3.23. The molecule has 1 aliphatic heterocycles. The molecular weight excluding hydrogens is 288 g/mol. The minimum atomic E-state index is 0.0869. The first-order chi connectivity index (χ1) is 9.72. The summed E-state index contributed by atoms with van der Waals surface area (Å²) in [5.74, 6) is 2.64. The fourth-order valence-corrected chi connectivity index (χ4v) is 5.65. The average molecular weight is 308 g/mol. The van der Waals surface area contributed by atoms with E-state index in [9.17, 15) is 4.79 Å². The Morgan fingerprint density at radius 3 is 2.75 bits per heavy atom. The average Bonchev–Trinajstić information content (AvgIpc) is 3.10. The summed E-state index contributed by atoms with van der Waals surface area (Å²) in [4.78, 5) is 12.2. The van der Waals surface area contributed by atoms with Gasteiger partial charge in [-0.05, 0) is 37.0 Å². The van der Waals surface area contributed by atoms with Gasteiger partial charge >= 0.3 is 0 Å². The van der Waals surface area contributed by atoms with Crippen molar-refractivity contribution < 1.29 is 4.79 Å². The van der Waals surface area contributed by atoms with Crippen molar-refractivity contribution in [2.45, 2.75) is 29.9 Å². The third-order valence-corrected chi connectivity index (χ3v) is 7.00. The third-order valence-electron chi connectivity index (χ3n) is 3.89. The summed E-state index contributed by atoms with van der Waals surface area (Å²) < 4.78 is 0.520. The molecule has 5 heteroatoms. The molecule has 1 saturated carbocycles. The van der Waals surface area contributed by atoms with Crippen molar-refractivity contribution in [1.29, 1.82) is 0 Å². The first kappa shape index (κ1) is 14.3. The second kappa shape index (κ2) is 6.41. The van der Waals surface area contributed by atoms with E-state index < -0.39 is 0 Å². The van der Waals surface area contributed by atoms with Crippen molar-refractivity contribution in [3.8, 4) is 0 Å². The molecule has 0 spiro atoms. The van der Waals surface area contributed by atoms with Crippen molar-refractivity contribution in [3.63, 3.8) is 0 Å². The van der Waals surface area contributed by atoms with Gasteiger partial charge in [0.25, 0.3) is 0 Å². The number of hydrogen-bond acceptors (Lipinski definition) is 4. The van der Waals surface area contributed by atoms with Crippen LogP contribution in [0.15, 0.2) is 24.3 Å². The Labute approximate surface area is 128 Å². The normalized spacial score (nSPS) is 26.9. The Morgan fingerprint density at radius 2 is 2.05 bits per heavy atom. The first-order valence-electron chi connectivity index (χ1n) is 7.12. The number of benzene rings is 1. The minimum Gasteiger partial charge on any atom is -0.328 e. The second-order valence-corrected chi connectivity index (χ2v) is 8.18. The van der Waals surface area contributed by atoms with Crippen LogP contribution in [0.1, 0.15) is 29.4 Å². The lowest BCUT2D eigenvalue weighted by molar-refractivity contribution is -0.119. The quantitative estimate of drug-likeness (QED) is 0.900. The van der Waals surface area contributed by atoms with E-state index in [4.69, 9.17) is 5.73 Å². The molecule has 1 aromatic rings. The van der Waals surface area contributed by atoms with Crippen LogP contribution in [0.5, 0.6) is 0 Å². The molecule has 2 aliphatic rings. The molecule has 1 heterocycles. The number of thioether (sulfide) groups is 2. The van der Waals surface area contributed by atoms with Crippen molar-refractivity contribution in [2.24, 2.45) is 11.7 Å². The van der Waals surface area contributed by atoms with Crippen LogP contribution < -0.4 is 11.1 Å². The van der Waals surface area contributed by atoms with Gasteiger partial charge < -0.3 is 11.1 Å². The molecule has 0 bridgehead atoms. The number of amides is 1. The summed E-state index contributed by atoms with van der Waals surface area (Å²) >= 11 is 3.96. The zero-order valence-electron chi connectivity index (χ0n) is 11.4. The number of anilines is 1. The fourth-order valence-electron chi connectivity index (χ4n) is 2.81. The van der Waals surface area contributed by atoms with Crippen LogP contribution in [0.4, 0.5) is 5.69 Å². The van der Waals surface area contributed by atoms with Crippen LogP contribution in [-0.4, -0.2) is 23.5 Å². The van der Waals surface area contributed by atoms with Crippen LogP contribution >= 0.6 is 23.5 Å². The van der Waals surface area contributed by atoms with E-state index >= 15 is 0 Å². The summed E-state index contributed by atoms with van der Waals surface area (Å²) in [6.45, 7) is 0. The molecule has 2 unspecified atom stereocenters. The highest BCUT2D eigenvalue weighted by molar-refractivity contribution is 8.19. The van der Waals surface area contributed by atoms with Crippen LogP contribution in [0.25, 0.3) is 0 Å². The number of nitrogens with two attached hydrogens (primary N) is 1. The Hall–Kier alpha value is -0.650. The number of hydrogen-bond donors (Lipinski definition) is 2. The van der Waals surface area contributed by atoms with Crippen LogP contribution in [0.2, 0.25) is 0 Å². The van der Waals surface area contributed by atoms with Gasteiger partial charge in [0.1, 0.15) is 0 Å². The molecule has 108 valence electrons. The van der Waals surface area contributed by atoms with Gasteiger partial charge in [0.15, 0.2) is 0 Å². The second-order valence-electron chi connectivity index (χ2n) is 5.46. The van der Waals surface area contributed by atoms with E-state index in [-0.39, 0.29) is 17.9 Å². The first-order valence-corrected chi connectivity index (χ1v) is 9.22. The molecule has 3 N–H and O–H groups in total. The summed E-state index contributed by atoms with van der Waals surface area (Å²) in [5.41, 5.74) is 8.10. The van der Waals surface area contributed by atoms with Gasteiger partial charge in [-0.1, -0.05) is 12.1 Å². The highest BCUT2D eigenvalue weighted by Gasteiger charge is 2.28. The van der Waals surface area contributed by atoms with Crippen LogP contribution in [0, 0.1) is 5.92 Å². The number of carbonyl (C=O) groups is 1. The van der Waals surface area contributed by atoms with Gasteiger partial charge in [0, 0.05) is 29.2 Å². The predicted molar refractivity (Wildman–Crippen MR) is 88.0 cm³/mol. The molecule has 2 atom stereocenters. The number of nitrogens with one attached hydrogen (secondary N) is 1. The lowest BCUT2D eigenvalue weighted by Gasteiger charge is -2.13. The van der Waals surface area contributed by atoms with Crippen molar-refractivity contribution in [2.75, 3.05) is 16.8 Å². The van der Waals surface area contributed by atoms with Crippen molar-refractivity contribution in [1.82, 2.24) is 0 Å². The van der Waals surface area contributed by atoms with Crippen LogP contribution in [0.3, 0.4) is 0 Å². The van der Waals surface area contributed by atoms with E-state index in [0.717, 1.165) is 24.9 Å². The molecule has 3 rings (SSSR count). The lowest BCUT2D eigenvalue weighted by atomic mass is 10.1. The van der Waals surface area contributed by atoms with E-state index in [0.29, 0.717) is 4.58 Å². The summed E-state index contributed by atoms with van der Waals surface area (Å²) in [5, 5.41) is 3.06. The Kier molecular flexibility index (Phi) is 4.58. The molecule has 1 saturated heterocycles. The maximum atomic E-state index is 12.2. The van der Waals surface area contributed by atoms with Gasteiger partial charge in [-0.15, -0.1) is 23.5 Å². The fraction of sp³-hybridized carbons (Fsp3) is 0.533. The summed E-state index contributed by atoms with van der Waals surface area (Å²) in [6, 6.07) is 8.47. The maximum absolute atomic E-state index is 12.2. The van der Waals surface area contributed by atoms with E-state index in [1.165, 1.54) is 17.1 Å². The summed E-state index contributed by atoms with van der Waals surface area (Å²) in [6.07, 6.45) is 2.70. The highest BCUT2D eigenvalue weighted by Crippen LogP contribution is 2.45. The Morgan fingerprint density at radius 1 is 1.25 bits per heavy atom. The zero-order chi connectivity index (χ0) is 13.9. The molecular formula is C15H20N2OS2. The molecule has 0 radical (unpaired) electrons. The summed E-state index contributed by atoms with van der Waals surface area (Å²) in [7, 11) is 0. The van der Waals surface area contributed by atoms with Crippen molar-refractivity contribution >= 4 is 35.1 Å². The molecule has 1 aromatic carbocycles. The molecule has 3 nitrogen and oxygen atoms in total. The molecule has 2 fully saturated rings. The van der Waals surface area contributed by atoms with Gasteiger partial charge in [0.2, 0.25) is 5.91 Å². The maximum Gasteiger partial charge on any atom is 0.227 e. The van der Waals surface area contributed by atoms with Crippen molar-refractivity contribution in [3.05, 3.63) is 29.8 Å². The highest BCUT2D eigenvalue weighted by atomic mass is 32.2. The molecule has 0 aromatic heterocycles. The number of carbonyl (C=O) groups excluding carboxylic acids is 1. The minimum absolute atomic E-state index is 0.0869. The topological polar surface area (TPSA) is 55.1 Å². The van der Waals surface area contributed by atoms with E-state index in [2.05, 4.69) is 17.4 Å². The SMILES string of the molecule is NC1CCC(C(=O)Nc2cccc(C3SCCS3)c2)C1. The van der Waals surface area contributed by atoms with Gasteiger partial charge in [-0.25, -0.2) is 0 Å². The lowest BCUT2D eigenvalue weighted by Crippen LogP contribution is -2.23. The van der Waals surface area contributed by atoms with E-state index in [1.54, 1.807) is 0 Å². The zero-order valence-corrected chi connectivity index (χ0v) is 13.0. The Balaban J connectivity index is 1.65. The van der Waals surface area contributed by atoms with Gasteiger partial charge in [-0.3, -0.25) is 4.79 Å².